The third-order valence-corrected chi connectivity index (χ3v) is 3.33. The third-order valence-electron chi connectivity index (χ3n) is 3.33. The number of hydrogen-bond acceptors (Lipinski definition) is 1. The third kappa shape index (κ3) is 1.79. The molecule has 12 heavy (non-hydrogen) atoms. The van der Waals surface area contributed by atoms with E-state index in [0.29, 0.717) is 12.6 Å². The van der Waals surface area contributed by atoms with Gasteiger partial charge in [-0.1, -0.05) is 19.3 Å². The molecule has 0 aromatic heterocycles. The number of nitrogens with one attached hydrogen (secondary N) is 1. The summed E-state index contributed by atoms with van der Waals surface area (Å²) in [6, 6.07) is 0.500. The van der Waals surface area contributed by atoms with Crippen LogP contribution in [-0.4, -0.2) is 18.8 Å². The van der Waals surface area contributed by atoms with Gasteiger partial charge in [0.2, 0.25) is 0 Å². The lowest BCUT2D eigenvalue weighted by Gasteiger charge is -2.27. The van der Waals surface area contributed by atoms with E-state index in [1.54, 1.807) is 0 Å². The first kappa shape index (κ1) is 8.49. The van der Waals surface area contributed by atoms with E-state index in [1.165, 1.54) is 32.1 Å². The van der Waals surface area contributed by atoms with Gasteiger partial charge >= 0.3 is 0 Å². The molecule has 2 unspecified atom stereocenters. The summed E-state index contributed by atoms with van der Waals surface area (Å²) in [6.07, 6.45) is 6.96. The minimum absolute atomic E-state index is 0.500. The molecule has 1 nitrogen and oxygen atoms in total. The molecule has 2 heteroatoms. The van der Waals surface area contributed by atoms with E-state index in [1.807, 2.05) is 0 Å². The molecular formula is C10H18FN. The molecule has 0 aromatic rings. The summed E-state index contributed by atoms with van der Waals surface area (Å²) in [5.74, 6) is 0.777. The average Bonchev–Trinajstić information content (AvgIpc) is 2.54. The van der Waals surface area contributed by atoms with E-state index in [0.717, 1.165) is 12.3 Å². The Morgan fingerprint density at radius 1 is 1.08 bits per heavy atom. The second-order valence-corrected chi connectivity index (χ2v) is 4.25. The molecule has 1 aliphatic heterocycles. The molecule has 2 rings (SSSR count). The second-order valence-electron chi connectivity index (χ2n) is 4.25. The van der Waals surface area contributed by atoms with Crippen LogP contribution in [0.2, 0.25) is 0 Å². The standard InChI is InChI=1S/C10H18FN/c11-9-6-10(12-7-9)8-4-2-1-3-5-8/h8-10,12H,1-7H2. The SMILES string of the molecule is FC1CNC(C2CCCCC2)C1. The first-order valence-electron chi connectivity index (χ1n) is 5.24. The highest BCUT2D eigenvalue weighted by atomic mass is 19.1. The minimum Gasteiger partial charge on any atom is -0.311 e. The van der Waals surface area contributed by atoms with Crippen LogP contribution >= 0.6 is 0 Å². The van der Waals surface area contributed by atoms with Crippen molar-refractivity contribution in [2.24, 2.45) is 5.92 Å². The molecule has 1 saturated carbocycles. The van der Waals surface area contributed by atoms with Crippen molar-refractivity contribution in [1.82, 2.24) is 5.32 Å². The fourth-order valence-electron chi connectivity index (χ4n) is 2.62. The van der Waals surface area contributed by atoms with Crippen LogP contribution in [0.25, 0.3) is 0 Å². The molecule has 70 valence electrons. The molecule has 1 N–H and O–H groups in total. The molecule has 0 radical (unpaired) electrons. The quantitative estimate of drug-likeness (QED) is 0.638. The predicted molar refractivity (Wildman–Crippen MR) is 47.9 cm³/mol. The second kappa shape index (κ2) is 3.73. The molecule has 2 fully saturated rings. The number of halogens is 1. The Balaban J connectivity index is 1.83. The van der Waals surface area contributed by atoms with Gasteiger partial charge in [-0.25, -0.2) is 4.39 Å². The van der Waals surface area contributed by atoms with Crippen molar-refractivity contribution in [3.63, 3.8) is 0 Å². The number of hydrogen-bond donors (Lipinski definition) is 1. The van der Waals surface area contributed by atoms with Gasteiger partial charge in [-0.05, 0) is 25.2 Å². The minimum atomic E-state index is -0.572. The summed E-state index contributed by atoms with van der Waals surface area (Å²) in [6.45, 7) is 0.598. The number of rotatable bonds is 1. The lowest BCUT2D eigenvalue weighted by Crippen LogP contribution is -2.31. The first-order valence-corrected chi connectivity index (χ1v) is 5.24. The predicted octanol–water partition coefficient (Wildman–Crippen LogP) is 2.27. The smallest absolute Gasteiger partial charge is 0.114 e. The van der Waals surface area contributed by atoms with Gasteiger partial charge in [-0.15, -0.1) is 0 Å². The van der Waals surface area contributed by atoms with Crippen molar-refractivity contribution in [2.75, 3.05) is 6.54 Å². The Labute approximate surface area is 73.7 Å². The Kier molecular flexibility index (Phi) is 2.64. The fraction of sp³-hybridized carbons (Fsp3) is 1.00. The van der Waals surface area contributed by atoms with E-state index in [9.17, 15) is 4.39 Å². The Bertz CT molecular complexity index is 140. The molecule has 0 spiro atoms. The van der Waals surface area contributed by atoms with Gasteiger partial charge < -0.3 is 5.32 Å². The van der Waals surface area contributed by atoms with Crippen LogP contribution in [0.5, 0.6) is 0 Å². The van der Waals surface area contributed by atoms with Crippen LogP contribution in [-0.2, 0) is 0 Å². The highest BCUT2D eigenvalue weighted by Gasteiger charge is 2.30. The molecule has 0 amide bonds. The number of alkyl halides is 1. The summed E-state index contributed by atoms with van der Waals surface area (Å²) in [5.41, 5.74) is 0. The topological polar surface area (TPSA) is 12.0 Å². The summed E-state index contributed by atoms with van der Waals surface area (Å²) in [4.78, 5) is 0. The lowest BCUT2D eigenvalue weighted by atomic mass is 9.83. The zero-order chi connectivity index (χ0) is 8.39. The van der Waals surface area contributed by atoms with Gasteiger partial charge in [-0.3, -0.25) is 0 Å². The van der Waals surface area contributed by atoms with Crippen molar-refractivity contribution < 1.29 is 4.39 Å². The van der Waals surface area contributed by atoms with Crippen LogP contribution < -0.4 is 5.32 Å². The molecule has 2 aliphatic rings. The van der Waals surface area contributed by atoms with Crippen LogP contribution in [0.1, 0.15) is 38.5 Å². The van der Waals surface area contributed by atoms with Crippen LogP contribution in [0.4, 0.5) is 4.39 Å². The molecule has 2 atom stereocenters. The Morgan fingerprint density at radius 2 is 1.83 bits per heavy atom. The maximum atomic E-state index is 12.9. The van der Waals surface area contributed by atoms with Gasteiger partial charge in [0.15, 0.2) is 0 Å². The summed E-state index contributed by atoms with van der Waals surface area (Å²) in [7, 11) is 0. The van der Waals surface area contributed by atoms with E-state index in [4.69, 9.17) is 0 Å². The monoisotopic (exact) mass is 171 g/mol. The average molecular weight is 171 g/mol. The van der Waals surface area contributed by atoms with Gasteiger partial charge in [0.25, 0.3) is 0 Å². The zero-order valence-corrected chi connectivity index (χ0v) is 7.56. The molecule has 1 saturated heterocycles. The molecule has 0 aromatic carbocycles. The Hall–Kier alpha value is -0.110. The summed E-state index contributed by atoms with van der Waals surface area (Å²) < 4.78 is 12.9. The molecule has 1 aliphatic carbocycles. The molecule has 0 bridgehead atoms. The highest BCUT2D eigenvalue weighted by Crippen LogP contribution is 2.30. The highest BCUT2D eigenvalue weighted by molar-refractivity contribution is 4.87. The molecule has 1 heterocycles. The summed E-state index contributed by atoms with van der Waals surface area (Å²) >= 11 is 0. The van der Waals surface area contributed by atoms with E-state index in [-0.39, 0.29) is 0 Å². The van der Waals surface area contributed by atoms with Crippen LogP contribution in [0, 0.1) is 5.92 Å². The van der Waals surface area contributed by atoms with Crippen molar-refractivity contribution in [2.45, 2.75) is 50.7 Å². The van der Waals surface area contributed by atoms with Gasteiger partial charge in [0.05, 0.1) is 0 Å². The Morgan fingerprint density at radius 3 is 2.42 bits per heavy atom. The fourth-order valence-corrected chi connectivity index (χ4v) is 2.62. The normalized spacial score (nSPS) is 38.8. The van der Waals surface area contributed by atoms with Crippen molar-refractivity contribution in [1.29, 1.82) is 0 Å². The maximum Gasteiger partial charge on any atom is 0.114 e. The van der Waals surface area contributed by atoms with Gasteiger partial charge in [0, 0.05) is 12.6 Å². The van der Waals surface area contributed by atoms with Crippen molar-refractivity contribution >= 4 is 0 Å². The van der Waals surface area contributed by atoms with Gasteiger partial charge in [0.1, 0.15) is 6.17 Å². The van der Waals surface area contributed by atoms with E-state index in [2.05, 4.69) is 5.32 Å². The first-order chi connectivity index (χ1) is 5.86. The van der Waals surface area contributed by atoms with Crippen LogP contribution in [0.3, 0.4) is 0 Å². The van der Waals surface area contributed by atoms with Crippen molar-refractivity contribution in [3.05, 3.63) is 0 Å². The van der Waals surface area contributed by atoms with Crippen molar-refractivity contribution in [3.8, 4) is 0 Å². The largest absolute Gasteiger partial charge is 0.311 e. The lowest BCUT2D eigenvalue weighted by molar-refractivity contribution is 0.274. The zero-order valence-electron chi connectivity index (χ0n) is 7.56. The van der Waals surface area contributed by atoms with E-state index < -0.39 is 6.17 Å². The van der Waals surface area contributed by atoms with Gasteiger partial charge in [-0.2, -0.15) is 0 Å². The maximum absolute atomic E-state index is 12.9. The van der Waals surface area contributed by atoms with Crippen LogP contribution in [0.15, 0.2) is 0 Å². The van der Waals surface area contributed by atoms with E-state index >= 15 is 0 Å². The summed E-state index contributed by atoms with van der Waals surface area (Å²) in [5, 5.41) is 3.30. The molecular weight excluding hydrogens is 153 g/mol.